The van der Waals surface area contributed by atoms with E-state index in [4.69, 9.17) is 11.6 Å². The Morgan fingerprint density at radius 2 is 2.00 bits per heavy atom. The maximum atomic E-state index is 6.12. The first-order valence-electron chi connectivity index (χ1n) is 8.32. The lowest BCUT2D eigenvalue weighted by molar-refractivity contribution is 0.174. The number of rotatable bonds is 6. The minimum atomic E-state index is 0.422. The quantitative estimate of drug-likeness (QED) is 0.832. The maximum Gasteiger partial charge on any atom is 0.0409 e. The molecule has 118 valence electrons. The number of piperidine rings is 1. The molecule has 1 aromatic rings. The van der Waals surface area contributed by atoms with Crippen LogP contribution in [0.5, 0.6) is 0 Å². The highest BCUT2D eigenvalue weighted by Crippen LogP contribution is 2.23. The van der Waals surface area contributed by atoms with Gasteiger partial charge in [0.25, 0.3) is 0 Å². The minimum absolute atomic E-state index is 0.422. The van der Waals surface area contributed by atoms with Crippen LogP contribution in [0.15, 0.2) is 24.3 Å². The van der Waals surface area contributed by atoms with Gasteiger partial charge in [-0.2, -0.15) is 0 Å². The summed E-state index contributed by atoms with van der Waals surface area (Å²) >= 11 is 6.12. The molecule has 0 radical (unpaired) electrons. The molecule has 1 N–H and O–H groups in total. The van der Waals surface area contributed by atoms with E-state index in [1.54, 1.807) is 0 Å². The minimum Gasteiger partial charge on any atom is -0.307 e. The van der Waals surface area contributed by atoms with E-state index < -0.39 is 0 Å². The first-order valence-corrected chi connectivity index (χ1v) is 8.70. The van der Waals surface area contributed by atoms with Gasteiger partial charge in [-0.25, -0.2) is 0 Å². The fourth-order valence-corrected chi connectivity index (χ4v) is 3.45. The summed E-state index contributed by atoms with van der Waals surface area (Å²) in [5, 5.41) is 4.67. The number of hydrogen-bond donors (Lipinski definition) is 1. The third-order valence-electron chi connectivity index (χ3n) is 4.31. The van der Waals surface area contributed by atoms with Gasteiger partial charge in [0, 0.05) is 23.7 Å². The third-order valence-corrected chi connectivity index (χ3v) is 4.54. The summed E-state index contributed by atoms with van der Waals surface area (Å²) in [4.78, 5) is 2.60. The first kappa shape index (κ1) is 16.8. The van der Waals surface area contributed by atoms with E-state index in [1.807, 2.05) is 12.1 Å². The molecule has 1 saturated heterocycles. The van der Waals surface area contributed by atoms with E-state index in [0.29, 0.717) is 12.1 Å². The highest BCUT2D eigenvalue weighted by molar-refractivity contribution is 6.30. The normalized spacial score (nSPS) is 19.1. The van der Waals surface area contributed by atoms with E-state index in [2.05, 4.69) is 43.1 Å². The van der Waals surface area contributed by atoms with Crippen LogP contribution in [0.3, 0.4) is 0 Å². The molecule has 1 atom stereocenters. The molecule has 21 heavy (non-hydrogen) atoms. The Kier molecular flexibility index (Phi) is 6.53. The largest absolute Gasteiger partial charge is 0.307 e. The first-order chi connectivity index (χ1) is 10.1. The molecule has 0 aliphatic carbocycles. The van der Waals surface area contributed by atoms with Crippen molar-refractivity contribution in [1.29, 1.82) is 0 Å². The Bertz CT molecular complexity index is 425. The molecule has 1 unspecified atom stereocenters. The highest BCUT2D eigenvalue weighted by Gasteiger charge is 2.22. The number of nitrogens with zero attached hydrogens (tertiary/aromatic N) is 1. The average Bonchev–Trinajstić information content (AvgIpc) is 2.46. The standard InChI is InChI=1S/C18H29ClN2/c1-4-18(15-6-5-7-16(19)12-15)20-17-8-10-21(11-9-17)13-14(2)3/h5-7,12,14,17-18,20H,4,8-11,13H2,1-3H3. The van der Waals surface area contributed by atoms with Gasteiger partial charge in [0.1, 0.15) is 0 Å². The molecule has 1 fully saturated rings. The van der Waals surface area contributed by atoms with Gasteiger partial charge in [-0.05, 0) is 56.0 Å². The predicted octanol–water partition coefficient (Wildman–Crippen LogP) is 4.50. The molecule has 1 aliphatic heterocycles. The second-order valence-electron chi connectivity index (χ2n) is 6.65. The van der Waals surface area contributed by atoms with Crippen LogP contribution in [-0.4, -0.2) is 30.6 Å². The number of hydrogen-bond acceptors (Lipinski definition) is 2. The Morgan fingerprint density at radius 1 is 1.29 bits per heavy atom. The highest BCUT2D eigenvalue weighted by atomic mass is 35.5. The third kappa shape index (κ3) is 5.28. The van der Waals surface area contributed by atoms with Gasteiger partial charge in [-0.3, -0.25) is 0 Å². The lowest BCUT2D eigenvalue weighted by Gasteiger charge is -2.35. The van der Waals surface area contributed by atoms with Crippen molar-refractivity contribution >= 4 is 11.6 Å². The fraction of sp³-hybridized carbons (Fsp3) is 0.667. The van der Waals surface area contributed by atoms with Gasteiger partial charge in [-0.1, -0.05) is 44.5 Å². The summed E-state index contributed by atoms with van der Waals surface area (Å²) in [6.07, 6.45) is 3.61. The van der Waals surface area contributed by atoms with Crippen molar-refractivity contribution < 1.29 is 0 Å². The second-order valence-corrected chi connectivity index (χ2v) is 7.09. The van der Waals surface area contributed by atoms with Crippen molar-refractivity contribution in [2.45, 2.75) is 52.1 Å². The topological polar surface area (TPSA) is 15.3 Å². The van der Waals surface area contributed by atoms with Gasteiger partial charge in [0.15, 0.2) is 0 Å². The zero-order valence-electron chi connectivity index (χ0n) is 13.6. The second kappa shape index (κ2) is 8.17. The number of likely N-dealkylation sites (tertiary alicyclic amines) is 1. The Morgan fingerprint density at radius 3 is 2.57 bits per heavy atom. The van der Waals surface area contributed by atoms with Gasteiger partial charge in [0.2, 0.25) is 0 Å². The molecule has 0 spiro atoms. The zero-order chi connectivity index (χ0) is 15.2. The molecule has 0 bridgehead atoms. The number of nitrogens with one attached hydrogen (secondary N) is 1. The van der Waals surface area contributed by atoms with Gasteiger partial charge < -0.3 is 10.2 Å². The average molecular weight is 309 g/mol. The van der Waals surface area contributed by atoms with Crippen molar-refractivity contribution in [3.05, 3.63) is 34.9 Å². The maximum absolute atomic E-state index is 6.12. The molecule has 3 heteroatoms. The van der Waals surface area contributed by atoms with Crippen molar-refractivity contribution in [2.24, 2.45) is 5.92 Å². The summed E-state index contributed by atoms with van der Waals surface area (Å²) in [6.45, 7) is 10.5. The molecular formula is C18H29ClN2. The van der Waals surface area contributed by atoms with Crippen LogP contribution in [0.1, 0.15) is 51.6 Å². The molecule has 2 nitrogen and oxygen atoms in total. The van der Waals surface area contributed by atoms with Crippen LogP contribution in [0.4, 0.5) is 0 Å². The van der Waals surface area contributed by atoms with Crippen LogP contribution in [0.25, 0.3) is 0 Å². The molecule has 1 aromatic carbocycles. The molecule has 1 aliphatic rings. The number of halogens is 1. The molecule has 0 saturated carbocycles. The SMILES string of the molecule is CCC(NC1CCN(CC(C)C)CC1)c1cccc(Cl)c1. The van der Waals surface area contributed by atoms with Crippen molar-refractivity contribution in [3.8, 4) is 0 Å². The van der Waals surface area contributed by atoms with E-state index in [-0.39, 0.29) is 0 Å². The summed E-state index contributed by atoms with van der Waals surface area (Å²) in [5.74, 6) is 0.768. The summed E-state index contributed by atoms with van der Waals surface area (Å²) < 4.78 is 0. The lowest BCUT2D eigenvalue weighted by Crippen LogP contribution is -2.44. The van der Waals surface area contributed by atoms with E-state index in [0.717, 1.165) is 17.4 Å². The zero-order valence-corrected chi connectivity index (χ0v) is 14.4. The van der Waals surface area contributed by atoms with Gasteiger partial charge in [-0.15, -0.1) is 0 Å². The Hall–Kier alpha value is -0.570. The van der Waals surface area contributed by atoms with E-state index >= 15 is 0 Å². The van der Waals surface area contributed by atoms with Gasteiger partial charge in [0.05, 0.1) is 0 Å². The molecule has 0 aromatic heterocycles. The fourth-order valence-electron chi connectivity index (χ4n) is 3.26. The monoisotopic (exact) mass is 308 g/mol. The Balaban J connectivity index is 1.86. The smallest absolute Gasteiger partial charge is 0.0409 e. The molecule has 1 heterocycles. The lowest BCUT2D eigenvalue weighted by atomic mass is 9.99. The molecular weight excluding hydrogens is 280 g/mol. The predicted molar refractivity (Wildman–Crippen MR) is 91.9 cm³/mol. The van der Waals surface area contributed by atoms with Crippen molar-refractivity contribution in [1.82, 2.24) is 10.2 Å². The summed E-state index contributed by atoms with van der Waals surface area (Å²) in [6, 6.07) is 9.33. The summed E-state index contributed by atoms with van der Waals surface area (Å²) in [5.41, 5.74) is 1.31. The van der Waals surface area contributed by atoms with E-state index in [9.17, 15) is 0 Å². The van der Waals surface area contributed by atoms with Crippen LogP contribution in [0, 0.1) is 5.92 Å². The Labute approximate surface area is 134 Å². The molecule has 2 rings (SSSR count). The van der Waals surface area contributed by atoms with Crippen molar-refractivity contribution in [3.63, 3.8) is 0 Å². The number of benzene rings is 1. The van der Waals surface area contributed by atoms with E-state index in [1.165, 1.54) is 38.0 Å². The van der Waals surface area contributed by atoms with Gasteiger partial charge >= 0.3 is 0 Å². The van der Waals surface area contributed by atoms with Crippen LogP contribution < -0.4 is 5.32 Å². The van der Waals surface area contributed by atoms with Crippen LogP contribution >= 0.6 is 11.6 Å². The molecule has 0 amide bonds. The van der Waals surface area contributed by atoms with Crippen LogP contribution in [-0.2, 0) is 0 Å². The van der Waals surface area contributed by atoms with Crippen molar-refractivity contribution in [2.75, 3.05) is 19.6 Å². The van der Waals surface area contributed by atoms with Crippen LogP contribution in [0.2, 0.25) is 5.02 Å². The summed E-state index contributed by atoms with van der Waals surface area (Å²) in [7, 11) is 0.